The van der Waals surface area contributed by atoms with Crippen molar-refractivity contribution in [3.63, 3.8) is 0 Å². The number of likely N-dealkylation sites (N-methyl/N-ethyl adjacent to an activating group) is 1. The molecule has 28 heavy (non-hydrogen) atoms. The molecule has 0 unspecified atom stereocenters. The molecule has 1 aromatic carbocycles. The highest BCUT2D eigenvalue weighted by Gasteiger charge is 2.19. The van der Waals surface area contributed by atoms with E-state index in [2.05, 4.69) is 20.5 Å². The molecule has 1 aromatic heterocycles. The number of pyridine rings is 1. The fraction of sp³-hybridized carbons (Fsp3) is 0.381. The minimum atomic E-state index is -0.0946. The minimum absolute atomic E-state index is 0.0507. The molecule has 148 valence electrons. The van der Waals surface area contributed by atoms with Crippen LogP contribution >= 0.6 is 0 Å². The number of carbonyl (C=O) groups excluding carboxylic acids is 2. The first-order valence-corrected chi connectivity index (χ1v) is 9.61. The maximum absolute atomic E-state index is 12.7. The zero-order valence-corrected chi connectivity index (χ0v) is 16.2. The smallest absolute Gasteiger partial charge is 0.321 e. The molecule has 0 spiro atoms. The van der Waals surface area contributed by atoms with Crippen LogP contribution < -0.4 is 10.6 Å². The molecule has 7 nitrogen and oxygen atoms in total. The summed E-state index contributed by atoms with van der Waals surface area (Å²) < 4.78 is 0. The molecule has 2 N–H and O–H groups in total. The van der Waals surface area contributed by atoms with E-state index in [1.54, 1.807) is 7.05 Å². The van der Waals surface area contributed by atoms with Crippen LogP contribution in [0.3, 0.4) is 0 Å². The highest BCUT2D eigenvalue weighted by atomic mass is 16.2. The van der Waals surface area contributed by atoms with E-state index < -0.39 is 0 Å². The Bertz CT molecular complexity index is 796. The van der Waals surface area contributed by atoms with Gasteiger partial charge in [0.05, 0.1) is 6.42 Å². The van der Waals surface area contributed by atoms with Crippen LogP contribution in [0.4, 0.5) is 10.5 Å². The number of aromatic nitrogens is 1. The highest BCUT2D eigenvalue weighted by molar-refractivity contribution is 5.89. The van der Waals surface area contributed by atoms with E-state index in [1.807, 2.05) is 53.7 Å². The van der Waals surface area contributed by atoms with Crippen LogP contribution in [-0.2, 0) is 17.8 Å². The van der Waals surface area contributed by atoms with Gasteiger partial charge in [-0.25, -0.2) is 4.79 Å². The second kappa shape index (κ2) is 9.85. The summed E-state index contributed by atoms with van der Waals surface area (Å²) in [5, 5.41) is 5.58. The summed E-state index contributed by atoms with van der Waals surface area (Å²) in [6.07, 6.45) is 4.86. The molecule has 2 heterocycles. The summed E-state index contributed by atoms with van der Waals surface area (Å²) in [5.74, 6) is -0.0507. The number of anilines is 1. The minimum Gasteiger partial charge on any atom is -0.359 e. The second-order valence-electron chi connectivity index (χ2n) is 6.95. The number of nitrogens with one attached hydrogen (secondary N) is 2. The van der Waals surface area contributed by atoms with Gasteiger partial charge in [-0.1, -0.05) is 12.1 Å². The lowest BCUT2D eigenvalue weighted by Gasteiger charge is -2.22. The van der Waals surface area contributed by atoms with Gasteiger partial charge < -0.3 is 15.5 Å². The number of benzene rings is 1. The average molecular weight is 381 g/mol. The molecular weight excluding hydrogens is 354 g/mol. The zero-order chi connectivity index (χ0) is 19.8. The molecule has 0 aliphatic carbocycles. The Balaban J connectivity index is 1.53. The van der Waals surface area contributed by atoms with Crippen molar-refractivity contribution in [1.82, 2.24) is 20.1 Å². The van der Waals surface area contributed by atoms with Gasteiger partial charge in [0.2, 0.25) is 5.91 Å². The third-order valence-electron chi connectivity index (χ3n) is 4.85. The van der Waals surface area contributed by atoms with Crippen molar-refractivity contribution >= 4 is 17.6 Å². The first kappa shape index (κ1) is 19.8. The molecule has 0 bridgehead atoms. The quantitative estimate of drug-likeness (QED) is 0.832. The third-order valence-corrected chi connectivity index (χ3v) is 4.85. The van der Waals surface area contributed by atoms with E-state index in [0.717, 1.165) is 38.2 Å². The predicted octanol–water partition coefficient (Wildman–Crippen LogP) is 2.11. The summed E-state index contributed by atoms with van der Waals surface area (Å²) in [6, 6.07) is 11.4. The van der Waals surface area contributed by atoms with Crippen LogP contribution in [-0.4, -0.2) is 59.9 Å². The maximum atomic E-state index is 12.7. The van der Waals surface area contributed by atoms with Crippen molar-refractivity contribution in [2.45, 2.75) is 19.4 Å². The van der Waals surface area contributed by atoms with Gasteiger partial charge in [0.1, 0.15) is 0 Å². The lowest BCUT2D eigenvalue weighted by atomic mass is 10.1. The monoisotopic (exact) mass is 381 g/mol. The number of hydrogen-bond acceptors (Lipinski definition) is 4. The average Bonchev–Trinajstić information content (AvgIpc) is 2.94. The third kappa shape index (κ3) is 5.79. The predicted molar refractivity (Wildman–Crippen MR) is 109 cm³/mol. The number of hydrogen-bond donors (Lipinski definition) is 2. The highest BCUT2D eigenvalue weighted by Crippen LogP contribution is 2.14. The van der Waals surface area contributed by atoms with Crippen LogP contribution in [0.25, 0.3) is 0 Å². The van der Waals surface area contributed by atoms with Gasteiger partial charge in [0.15, 0.2) is 0 Å². The maximum Gasteiger partial charge on any atom is 0.321 e. The van der Waals surface area contributed by atoms with E-state index in [-0.39, 0.29) is 11.9 Å². The first-order valence-electron chi connectivity index (χ1n) is 9.61. The van der Waals surface area contributed by atoms with Gasteiger partial charge in [-0.3, -0.25) is 14.7 Å². The molecule has 1 aliphatic rings. The number of urea groups is 1. The number of rotatable bonds is 5. The van der Waals surface area contributed by atoms with Crippen LogP contribution in [0.2, 0.25) is 0 Å². The second-order valence-corrected chi connectivity index (χ2v) is 6.95. The Hall–Kier alpha value is -2.93. The molecule has 0 atom stereocenters. The Morgan fingerprint density at radius 2 is 1.86 bits per heavy atom. The first-order chi connectivity index (χ1) is 13.6. The summed E-state index contributed by atoms with van der Waals surface area (Å²) in [5.41, 5.74) is 2.82. The Morgan fingerprint density at radius 3 is 2.64 bits per heavy atom. The van der Waals surface area contributed by atoms with Crippen molar-refractivity contribution < 1.29 is 9.59 Å². The molecule has 2 aromatic rings. The summed E-state index contributed by atoms with van der Waals surface area (Å²) in [7, 11) is 1.62. The molecule has 0 radical (unpaired) electrons. The van der Waals surface area contributed by atoms with E-state index in [0.29, 0.717) is 18.7 Å². The molecule has 0 saturated carbocycles. The van der Waals surface area contributed by atoms with Crippen molar-refractivity contribution in [2.75, 3.05) is 38.5 Å². The summed E-state index contributed by atoms with van der Waals surface area (Å²) in [6.45, 7) is 4.10. The molecule has 1 aliphatic heterocycles. The fourth-order valence-electron chi connectivity index (χ4n) is 3.31. The van der Waals surface area contributed by atoms with E-state index in [9.17, 15) is 9.59 Å². The van der Waals surface area contributed by atoms with Crippen LogP contribution in [0.5, 0.6) is 0 Å². The largest absolute Gasteiger partial charge is 0.359 e. The number of carbonyl (C=O) groups is 2. The topological polar surface area (TPSA) is 77.6 Å². The Kier molecular flexibility index (Phi) is 6.97. The van der Waals surface area contributed by atoms with Crippen LogP contribution in [0, 0.1) is 0 Å². The SMILES string of the molecule is CNC(=O)Cc1cccc(NC(=O)N2CCCN(Cc3ccncc3)CC2)c1. The van der Waals surface area contributed by atoms with Crippen molar-refractivity contribution in [3.05, 3.63) is 59.9 Å². The molecule has 3 rings (SSSR count). The Labute approximate surface area is 165 Å². The van der Waals surface area contributed by atoms with Crippen LogP contribution in [0.15, 0.2) is 48.8 Å². The Morgan fingerprint density at radius 1 is 1.04 bits per heavy atom. The zero-order valence-electron chi connectivity index (χ0n) is 16.2. The van der Waals surface area contributed by atoms with Crippen molar-refractivity contribution in [2.24, 2.45) is 0 Å². The molecule has 1 fully saturated rings. The fourth-order valence-corrected chi connectivity index (χ4v) is 3.31. The van der Waals surface area contributed by atoms with Gasteiger partial charge in [0.25, 0.3) is 0 Å². The van der Waals surface area contributed by atoms with Gasteiger partial charge >= 0.3 is 6.03 Å². The van der Waals surface area contributed by atoms with E-state index in [1.165, 1.54) is 5.56 Å². The summed E-state index contributed by atoms with van der Waals surface area (Å²) in [4.78, 5) is 32.5. The normalized spacial score (nSPS) is 15.0. The molecular formula is C21H27N5O2. The van der Waals surface area contributed by atoms with E-state index >= 15 is 0 Å². The molecule has 7 heteroatoms. The molecule has 3 amide bonds. The van der Waals surface area contributed by atoms with Crippen molar-refractivity contribution in [1.29, 1.82) is 0 Å². The van der Waals surface area contributed by atoms with E-state index in [4.69, 9.17) is 0 Å². The van der Waals surface area contributed by atoms with Crippen molar-refractivity contribution in [3.8, 4) is 0 Å². The van der Waals surface area contributed by atoms with Gasteiger partial charge in [-0.05, 0) is 41.8 Å². The number of nitrogens with zero attached hydrogens (tertiary/aromatic N) is 3. The number of amides is 3. The lowest BCUT2D eigenvalue weighted by molar-refractivity contribution is -0.119. The summed E-state index contributed by atoms with van der Waals surface area (Å²) >= 11 is 0. The van der Waals surface area contributed by atoms with Gasteiger partial charge in [-0.15, -0.1) is 0 Å². The van der Waals surface area contributed by atoms with Gasteiger partial charge in [0, 0.05) is 57.9 Å². The van der Waals surface area contributed by atoms with Crippen LogP contribution in [0.1, 0.15) is 17.5 Å². The molecule has 1 saturated heterocycles. The lowest BCUT2D eigenvalue weighted by Crippen LogP contribution is -2.38. The standard InChI is InChI=1S/C21H27N5O2/c1-22-20(27)15-18-4-2-5-19(14-18)24-21(28)26-11-3-10-25(12-13-26)16-17-6-8-23-9-7-17/h2,4-9,14H,3,10-13,15-16H2,1H3,(H,22,27)(H,24,28). The van der Waals surface area contributed by atoms with Gasteiger partial charge in [-0.2, -0.15) is 0 Å².